The third kappa shape index (κ3) is 4.99. The Morgan fingerprint density at radius 1 is 1.26 bits per heavy atom. The molecule has 1 unspecified atom stereocenters. The highest BCUT2D eigenvalue weighted by Gasteiger charge is 2.21. The van der Waals surface area contributed by atoms with E-state index in [-0.39, 0.29) is 0 Å². The predicted octanol–water partition coefficient (Wildman–Crippen LogP) is 0.868. The number of aliphatic hydroxyl groups is 1. The summed E-state index contributed by atoms with van der Waals surface area (Å²) in [5, 5.41) is 12.3. The van der Waals surface area contributed by atoms with Crippen LogP contribution in [0.2, 0.25) is 0 Å². The molecule has 0 aromatic carbocycles. The molecule has 3 atom stereocenters. The zero-order valence-corrected chi connectivity index (χ0v) is 11.7. The lowest BCUT2D eigenvalue weighted by atomic mass is 9.82. The Kier molecular flexibility index (Phi) is 5.92. The highest BCUT2D eigenvalue weighted by atomic mass is 16.5. The lowest BCUT2D eigenvalue weighted by Crippen LogP contribution is -2.37. The van der Waals surface area contributed by atoms with Gasteiger partial charge in [0.05, 0.1) is 6.10 Å². The number of nitrogens with zero attached hydrogens (tertiary/aromatic N) is 1. The van der Waals surface area contributed by atoms with Crippen molar-refractivity contribution in [3.05, 3.63) is 0 Å². The van der Waals surface area contributed by atoms with Crippen molar-refractivity contribution in [2.24, 2.45) is 22.6 Å². The number of aliphatic hydroxyl groups excluding tert-OH is 1. The van der Waals surface area contributed by atoms with Gasteiger partial charge in [-0.25, -0.2) is 0 Å². The summed E-state index contributed by atoms with van der Waals surface area (Å²) in [6.45, 7) is 2.72. The van der Waals surface area contributed by atoms with Crippen molar-refractivity contribution >= 4 is 5.96 Å². The predicted molar refractivity (Wildman–Crippen MR) is 76.0 cm³/mol. The molecule has 19 heavy (non-hydrogen) atoms. The van der Waals surface area contributed by atoms with Crippen LogP contribution >= 0.6 is 0 Å². The molecule has 2 rings (SSSR count). The van der Waals surface area contributed by atoms with Gasteiger partial charge in [-0.05, 0) is 43.9 Å². The molecule has 0 aromatic heterocycles. The summed E-state index contributed by atoms with van der Waals surface area (Å²) in [6, 6.07) is 0. The molecular formula is C14H27N3O2. The zero-order chi connectivity index (χ0) is 13.5. The van der Waals surface area contributed by atoms with Crippen molar-refractivity contribution in [3.8, 4) is 0 Å². The van der Waals surface area contributed by atoms with E-state index < -0.39 is 0 Å². The highest BCUT2D eigenvalue weighted by molar-refractivity contribution is 5.77. The van der Waals surface area contributed by atoms with E-state index in [4.69, 9.17) is 10.5 Å². The van der Waals surface area contributed by atoms with Crippen LogP contribution in [0.1, 0.15) is 38.5 Å². The minimum Gasteiger partial charge on any atom is -0.396 e. The van der Waals surface area contributed by atoms with E-state index in [0.29, 0.717) is 30.5 Å². The third-order valence-electron chi connectivity index (χ3n) is 4.20. The fourth-order valence-electron chi connectivity index (χ4n) is 3.04. The molecule has 0 aromatic rings. The maximum atomic E-state index is 9.20. The van der Waals surface area contributed by atoms with Crippen molar-refractivity contribution in [1.29, 1.82) is 0 Å². The van der Waals surface area contributed by atoms with Gasteiger partial charge in [-0.3, -0.25) is 4.99 Å². The molecule has 5 heteroatoms. The first-order chi connectivity index (χ1) is 9.28. The number of ether oxygens (including phenoxy) is 1. The van der Waals surface area contributed by atoms with Crippen molar-refractivity contribution in [2.75, 3.05) is 26.3 Å². The molecule has 1 aliphatic carbocycles. The van der Waals surface area contributed by atoms with Crippen LogP contribution in [0.3, 0.4) is 0 Å². The fraction of sp³-hybridized carbons (Fsp3) is 0.929. The molecule has 0 spiro atoms. The SMILES string of the molecule is NC(=NC[C@H]1CCC[C@@H](CO)C1)NCC1CCCO1. The number of hydrogen-bond acceptors (Lipinski definition) is 3. The quantitative estimate of drug-likeness (QED) is 0.511. The van der Waals surface area contributed by atoms with Crippen molar-refractivity contribution in [2.45, 2.75) is 44.6 Å². The molecule has 0 bridgehead atoms. The van der Waals surface area contributed by atoms with Gasteiger partial charge in [0.15, 0.2) is 5.96 Å². The van der Waals surface area contributed by atoms with Gasteiger partial charge in [-0.15, -0.1) is 0 Å². The van der Waals surface area contributed by atoms with Gasteiger partial charge in [0.2, 0.25) is 0 Å². The largest absolute Gasteiger partial charge is 0.396 e. The van der Waals surface area contributed by atoms with E-state index in [1.807, 2.05) is 0 Å². The smallest absolute Gasteiger partial charge is 0.188 e. The molecule has 2 fully saturated rings. The average Bonchev–Trinajstić information content (AvgIpc) is 2.96. The molecule has 1 saturated carbocycles. The first-order valence-corrected chi connectivity index (χ1v) is 7.54. The number of nitrogens with two attached hydrogens (primary N) is 1. The van der Waals surface area contributed by atoms with E-state index in [1.54, 1.807) is 0 Å². The van der Waals surface area contributed by atoms with Crippen LogP contribution in [0.15, 0.2) is 4.99 Å². The van der Waals surface area contributed by atoms with Crippen LogP contribution in [0.25, 0.3) is 0 Å². The molecular weight excluding hydrogens is 242 g/mol. The van der Waals surface area contributed by atoms with Gasteiger partial charge >= 0.3 is 0 Å². The molecule has 4 N–H and O–H groups in total. The minimum atomic E-state index is 0.294. The lowest BCUT2D eigenvalue weighted by Gasteiger charge is -2.26. The standard InChI is InChI=1S/C14H27N3O2/c15-14(17-9-13-5-2-6-19-13)16-8-11-3-1-4-12(7-11)10-18/h11-13,18H,1-10H2,(H3,15,16,17)/t11-,12+,13?/m0/s1. The van der Waals surface area contributed by atoms with Crippen LogP contribution in [0.5, 0.6) is 0 Å². The van der Waals surface area contributed by atoms with E-state index in [9.17, 15) is 5.11 Å². The Labute approximate surface area is 115 Å². The minimum absolute atomic E-state index is 0.294. The molecule has 1 heterocycles. The second-order valence-corrected chi connectivity index (χ2v) is 5.82. The number of nitrogens with one attached hydrogen (secondary N) is 1. The van der Waals surface area contributed by atoms with Gasteiger partial charge in [-0.2, -0.15) is 0 Å². The van der Waals surface area contributed by atoms with E-state index in [2.05, 4.69) is 10.3 Å². The fourth-order valence-corrected chi connectivity index (χ4v) is 3.04. The summed E-state index contributed by atoms with van der Waals surface area (Å²) >= 11 is 0. The first kappa shape index (κ1) is 14.6. The van der Waals surface area contributed by atoms with Crippen LogP contribution in [0, 0.1) is 11.8 Å². The topological polar surface area (TPSA) is 79.9 Å². The van der Waals surface area contributed by atoms with Crippen molar-refractivity contribution in [3.63, 3.8) is 0 Å². The van der Waals surface area contributed by atoms with Crippen LogP contribution in [0.4, 0.5) is 0 Å². The van der Waals surface area contributed by atoms with Crippen LogP contribution in [-0.2, 0) is 4.74 Å². The summed E-state index contributed by atoms with van der Waals surface area (Å²) in [5.74, 6) is 1.57. The Hall–Kier alpha value is -0.810. The summed E-state index contributed by atoms with van der Waals surface area (Å²) in [4.78, 5) is 4.42. The lowest BCUT2D eigenvalue weighted by molar-refractivity contribution is 0.114. The second kappa shape index (κ2) is 7.70. The van der Waals surface area contributed by atoms with E-state index in [1.165, 1.54) is 12.8 Å². The monoisotopic (exact) mass is 269 g/mol. The maximum absolute atomic E-state index is 9.20. The van der Waals surface area contributed by atoms with Crippen molar-refractivity contribution < 1.29 is 9.84 Å². The Bertz CT molecular complexity index is 290. The highest BCUT2D eigenvalue weighted by Crippen LogP contribution is 2.28. The summed E-state index contributed by atoms with van der Waals surface area (Å²) in [6.07, 6.45) is 7.20. The molecule has 5 nitrogen and oxygen atoms in total. The average molecular weight is 269 g/mol. The van der Waals surface area contributed by atoms with Crippen LogP contribution in [-0.4, -0.2) is 43.5 Å². The van der Waals surface area contributed by atoms with Crippen LogP contribution < -0.4 is 11.1 Å². The second-order valence-electron chi connectivity index (χ2n) is 5.82. The van der Waals surface area contributed by atoms with Gasteiger partial charge in [0.25, 0.3) is 0 Å². The number of guanidine groups is 1. The van der Waals surface area contributed by atoms with Gasteiger partial charge in [-0.1, -0.05) is 6.42 Å². The normalized spacial score (nSPS) is 32.5. The molecule has 1 saturated heterocycles. The number of rotatable bonds is 5. The molecule has 2 aliphatic rings. The number of hydrogen-bond donors (Lipinski definition) is 3. The number of aliphatic imine (C=N–C) groups is 1. The van der Waals surface area contributed by atoms with Gasteiger partial charge < -0.3 is 20.9 Å². The summed E-state index contributed by atoms with van der Waals surface area (Å²) < 4.78 is 5.53. The third-order valence-corrected chi connectivity index (χ3v) is 4.20. The Morgan fingerprint density at radius 2 is 2.11 bits per heavy atom. The zero-order valence-electron chi connectivity index (χ0n) is 11.7. The first-order valence-electron chi connectivity index (χ1n) is 7.54. The molecule has 0 amide bonds. The summed E-state index contributed by atoms with van der Waals surface area (Å²) in [7, 11) is 0. The van der Waals surface area contributed by atoms with Crippen molar-refractivity contribution in [1.82, 2.24) is 5.32 Å². The van der Waals surface area contributed by atoms with Gasteiger partial charge in [0.1, 0.15) is 0 Å². The summed E-state index contributed by atoms with van der Waals surface area (Å²) in [5.41, 5.74) is 5.87. The Morgan fingerprint density at radius 3 is 2.84 bits per heavy atom. The molecule has 110 valence electrons. The van der Waals surface area contributed by atoms with E-state index >= 15 is 0 Å². The molecule has 1 aliphatic heterocycles. The van der Waals surface area contributed by atoms with Gasteiger partial charge in [0, 0.05) is 26.3 Å². The maximum Gasteiger partial charge on any atom is 0.188 e. The Balaban J connectivity index is 1.65. The molecule has 0 radical (unpaired) electrons. The van der Waals surface area contributed by atoms with E-state index in [0.717, 1.165) is 45.4 Å².